The van der Waals surface area contributed by atoms with Gasteiger partial charge in [0.1, 0.15) is 0 Å². The lowest BCUT2D eigenvalue weighted by atomic mass is 10.1. The number of rotatable bonds is 5. The average molecular weight is 271 g/mol. The molecule has 108 valence electrons. The number of fused-ring (bicyclic) bond motifs is 1. The van der Waals surface area contributed by atoms with Crippen molar-refractivity contribution < 1.29 is 0 Å². The van der Waals surface area contributed by atoms with Gasteiger partial charge in [-0.1, -0.05) is 24.6 Å². The molecule has 3 heteroatoms. The van der Waals surface area contributed by atoms with Gasteiger partial charge in [0.25, 0.3) is 0 Å². The van der Waals surface area contributed by atoms with E-state index in [-0.39, 0.29) is 0 Å². The summed E-state index contributed by atoms with van der Waals surface area (Å²) in [7, 11) is 2.01. The van der Waals surface area contributed by atoms with Gasteiger partial charge in [0, 0.05) is 36.7 Å². The average Bonchev–Trinajstić information content (AvgIpc) is 2.85. The third-order valence-corrected chi connectivity index (χ3v) is 4.34. The van der Waals surface area contributed by atoms with Crippen LogP contribution in [0.3, 0.4) is 0 Å². The lowest BCUT2D eigenvalue weighted by Crippen LogP contribution is -2.32. The molecule has 20 heavy (non-hydrogen) atoms. The first-order valence-electron chi connectivity index (χ1n) is 7.82. The van der Waals surface area contributed by atoms with Gasteiger partial charge in [0.05, 0.1) is 0 Å². The van der Waals surface area contributed by atoms with Gasteiger partial charge in [-0.3, -0.25) is 0 Å². The zero-order chi connectivity index (χ0) is 13.8. The lowest BCUT2D eigenvalue weighted by Gasteiger charge is -2.26. The van der Waals surface area contributed by atoms with Crippen LogP contribution in [-0.4, -0.2) is 36.1 Å². The van der Waals surface area contributed by atoms with Crippen molar-refractivity contribution in [2.45, 2.75) is 32.4 Å². The minimum atomic E-state index is 0.942. The van der Waals surface area contributed by atoms with Crippen molar-refractivity contribution in [1.29, 1.82) is 0 Å². The highest BCUT2D eigenvalue weighted by Crippen LogP contribution is 2.21. The predicted octanol–water partition coefficient (Wildman–Crippen LogP) is 2.85. The van der Waals surface area contributed by atoms with Crippen LogP contribution in [0, 0.1) is 0 Å². The largest absolute Gasteiger partial charge is 0.346 e. The smallest absolute Gasteiger partial charge is 0.0484 e. The van der Waals surface area contributed by atoms with Crippen LogP contribution in [0.1, 0.15) is 24.8 Å². The van der Waals surface area contributed by atoms with Gasteiger partial charge in [-0.25, -0.2) is 0 Å². The Kier molecular flexibility index (Phi) is 4.38. The summed E-state index contributed by atoms with van der Waals surface area (Å²) in [6.07, 6.45) is 6.48. The number of aromatic nitrogens is 1. The molecule has 1 aromatic heterocycles. The van der Waals surface area contributed by atoms with E-state index in [9.17, 15) is 0 Å². The summed E-state index contributed by atoms with van der Waals surface area (Å²) in [6, 6.07) is 8.75. The summed E-state index contributed by atoms with van der Waals surface area (Å²) in [5.74, 6) is 0. The van der Waals surface area contributed by atoms with Crippen molar-refractivity contribution in [3.8, 4) is 0 Å². The van der Waals surface area contributed by atoms with Crippen LogP contribution >= 0.6 is 0 Å². The molecule has 1 fully saturated rings. The Morgan fingerprint density at radius 1 is 1.05 bits per heavy atom. The summed E-state index contributed by atoms with van der Waals surface area (Å²) in [5, 5.41) is 4.66. The Morgan fingerprint density at radius 3 is 2.65 bits per heavy atom. The zero-order valence-electron chi connectivity index (χ0n) is 12.4. The molecule has 0 unspecified atom stereocenters. The summed E-state index contributed by atoms with van der Waals surface area (Å²) < 4.78 is 2.43. The molecule has 1 aliphatic rings. The highest BCUT2D eigenvalue weighted by Gasteiger charge is 2.11. The van der Waals surface area contributed by atoms with Gasteiger partial charge in [-0.2, -0.15) is 0 Å². The van der Waals surface area contributed by atoms with E-state index in [1.807, 2.05) is 7.05 Å². The highest BCUT2D eigenvalue weighted by molar-refractivity contribution is 5.83. The van der Waals surface area contributed by atoms with E-state index in [0.29, 0.717) is 0 Å². The Morgan fingerprint density at radius 2 is 1.85 bits per heavy atom. The predicted molar refractivity (Wildman–Crippen MR) is 85.0 cm³/mol. The van der Waals surface area contributed by atoms with Crippen LogP contribution in [0.25, 0.3) is 10.9 Å². The Balaban J connectivity index is 1.76. The van der Waals surface area contributed by atoms with Crippen LogP contribution in [0.5, 0.6) is 0 Å². The minimum Gasteiger partial charge on any atom is -0.346 e. The van der Waals surface area contributed by atoms with Crippen LogP contribution in [0.4, 0.5) is 0 Å². The molecule has 1 aromatic carbocycles. The summed E-state index contributed by atoms with van der Waals surface area (Å²) in [4.78, 5) is 2.61. The van der Waals surface area contributed by atoms with E-state index in [1.54, 1.807) is 0 Å². The molecule has 1 saturated heterocycles. The maximum Gasteiger partial charge on any atom is 0.0484 e. The molecule has 3 rings (SSSR count). The molecule has 0 amide bonds. The quantitative estimate of drug-likeness (QED) is 0.902. The number of hydrogen-bond acceptors (Lipinski definition) is 2. The number of nitrogens with zero attached hydrogens (tertiary/aromatic N) is 2. The van der Waals surface area contributed by atoms with Crippen LogP contribution in [-0.2, 0) is 13.1 Å². The van der Waals surface area contributed by atoms with Crippen molar-refractivity contribution in [2.24, 2.45) is 0 Å². The minimum absolute atomic E-state index is 0.942. The molecular formula is C17H25N3. The second-order valence-electron chi connectivity index (χ2n) is 5.80. The van der Waals surface area contributed by atoms with Gasteiger partial charge >= 0.3 is 0 Å². The molecule has 3 nitrogen and oxygen atoms in total. The summed E-state index contributed by atoms with van der Waals surface area (Å²) in [5.41, 5.74) is 2.77. The maximum absolute atomic E-state index is 3.27. The summed E-state index contributed by atoms with van der Waals surface area (Å²) >= 11 is 0. The van der Waals surface area contributed by atoms with E-state index in [2.05, 4.69) is 45.2 Å². The molecule has 0 spiro atoms. The first-order chi connectivity index (χ1) is 9.88. The van der Waals surface area contributed by atoms with E-state index in [4.69, 9.17) is 0 Å². The van der Waals surface area contributed by atoms with Gasteiger partial charge in [0.2, 0.25) is 0 Å². The van der Waals surface area contributed by atoms with Gasteiger partial charge in [-0.05, 0) is 44.6 Å². The molecule has 0 bridgehead atoms. The first-order valence-corrected chi connectivity index (χ1v) is 7.82. The fraction of sp³-hybridized carbons (Fsp3) is 0.529. The van der Waals surface area contributed by atoms with Crippen molar-refractivity contribution in [2.75, 3.05) is 26.7 Å². The molecule has 0 aliphatic carbocycles. The van der Waals surface area contributed by atoms with Gasteiger partial charge in [-0.15, -0.1) is 0 Å². The number of nitrogens with one attached hydrogen (secondary N) is 1. The Hall–Kier alpha value is -1.32. The maximum atomic E-state index is 3.27. The van der Waals surface area contributed by atoms with E-state index in [1.165, 1.54) is 55.4 Å². The van der Waals surface area contributed by atoms with Crippen LogP contribution in [0.2, 0.25) is 0 Å². The molecule has 2 aromatic rings. The number of para-hydroxylation sites is 1. The Bertz CT molecular complexity index is 552. The van der Waals surface area contributed by atoms with Crippen molar-refractivity contribution in [1.82, 2.24) is 14.8 Å². The number of hydrogen-bond donors (Lipinski definition) is 1. The normalized spacial score (nSPS) is 16.9. The zero-order valence-corrected chi connectivity index (χ0v) is 12.4. The standard InChI is InChI=1S/C17H25N3/c1-18-13-15-14-20(17-8-4-3-7-16(15)17)12-11-19-9-5-2-6-10-19/h3-4,7-8,14,18H,2,5-6,9-13H2,1H3. The third kappa shape index (κ3) is 2.89. The molecule has 2 heterocycles. The van der Waals surface area contributed by atoms with E-state index in [0.717, 1.165) is 13.1 Å². The van der Waals surface area contributed by atoms with Gasteiger partial charge in [0.15, 0.2) is 0 Å². The number of likely N-dealkylation sites (tertiary alicyclic amines) is 1. The second kappa shape index (κ2) is 6.42. The number of piperidine rings is 1. The molecule has 0 saturated carbocycles. The molecule has 1 N–H and O–H groups in total. The van der Waals surface area contributed by atoms with Crippen molar-refractivity contribution >= 4 is 10.9 Å². The van der Waals surface area contributed by atoms with E-state index >= 15 is 0 Å². The molecular weight excluding hydrogens is 246 g/mol. The van der Waals surface area contributed by atoms with Gasteiger partial charge < -0.3 is 14.8 Å². The Labute approximate surface area is 121 Å². The SMILES string of the molecule is CNCc1cn(CCN2CCCCC2)c2ccccc12. The van der Waals surface area contributed by atoms with Crippen LogP contribution in [0.15, 0.2) is 30.5 Å². The lowest BCUT2D eigenvalue weighted by molar-refractivity contribution is 0.221. The van der Waals surface area contributed by atoms with Crippen molar-refractivity contribution in [3.63, 3.8) is 0 Å². The molecule has 1 aliphatic heterocycles. The molecule has 0 atom stereocenters. The van der Waals surface area contributed by atoms with E-state index < -0.39 is 0 Å². The fourth-order valence-corrected chi connectivity index (χ4v) is 3.27. The topological polar surface area (TPSA) is 20.2 Å². The second-order valence-corrected chi connectivity index (χ2v) is 5.80. The summed E-state index contributed by atoms with van der Waals surface area (Å²) in [6.45, 7) is 5.78. The monoisotopic (exact) mass is 271 g/mol. The highest BCUT2D eigenvalue weighted by atomic mass is 15.1. The third-order valence-electron chi connectivity index (χ3n) is 4.34. The molecule has 0 radical (unpaired) electrons. The van der Waals surface area contributed by atoms with Crippen molar-refractivity contribution in [3.05, 3.63) is 36.0 Å². The van der Waals surface area contributed by atoms with Crippen LogP contribution < -0.4 is 5.32 Å². The first kappa shape index (κ1) is 13.7. The number of benzene rings is 1. The fourth-order valence-electron chi connectivity index (χ4n) is 3.27.